The highest BCUT2D eigenvalue weighted by Crippen LogP contribution is 2.44. The van der Waals surface area contributed by atoms with Crippen molar-refractivity contribution in [1.29, 1.82) is 0 Å². The highest BCUT2D eigenvalue weighted by atomic mass is 28.3. The quantitative estimate of drug-likeness (QED) is 0.0181. The van der Waals surface area contributed by atoms with Gasteiger partial charge in [-0.3, -0.25) is 24.4 Å². The third kappa shape index (κ3) is 13.7. The van der Waals surface area contributed by atoms with Crippen LogP contribution in [0.3, 0.4) is 0 Å². The molecule has 0 saturated heterocycles. The Balaban J connectivity index is 1.23. The molecule has 422 valence electrons. The van der Waals surface area contributed by atoms with Crippen molar-refractivity contribution in [2.24, 2.45) is 4.99 Å². The number of nitrogens with zero attached hydrogens (tertiary/aromatic N) is 3. The summed E-state index contributed by atoms with van der Waals surface area (Å²) in [4.78, 5) is 34.9. The summed E-state index contributed by atoms with van der Waals surface area (Å²) in [5, 5.41) is 33.4. The zero-order valence-corrected chi connectivity index (χ0v) is 50.1. The van der Waals surface area contributed by atoms with Crippen LogP contribution in [0.2, 0.25) is 13.1 Å². The van der Waals surface area contributed by atoms with Crippen molar-refractivity contribution in [3.05, 3.63) is 220 Å². The fraction of sp³-hybridized carbons (Fsp3) is 0.261. The molecule has 0 atom stereocenters. The first kappa shape index (κ1) is 59.8. The van der Waals surface area contributed by atoms with Gasteiger partial charge in [0.1, 0.15) is 19.6 Å². The number of para-hydroxylation sites is 2. The molecule has 7 aromatic rings. The maximum absolute atomic E-state index is 12.8. The van der Waals surface area contributed by atoms with Gasteiger partial charge in [0.2, 0.25) is 5.91 Å². The number of aryl methyl sites for hydroxylation is 1. The number of nitrogens with one attached hydrogen (secondary N) is 2. The molecule has 83 heavy (non-hydrogen) atoms. The molecule has 0 saturated carbocycles. The largest absolute Gasteiger partial charge is 0.569 e. The van der Waals surface area contributed by atoms with Gasteiger partial charge < -0.3 is 30.0 Å². The van der Waals surface area contributed by atoms with E-state index in [1.54, 1.807) is 13.8 Å². The number of fused-ring (bicyclic) bond motifs is 4. The molecular formula is C69H75B2N5O6Si. The normalized spacial score (nSPS) is 13.9. The maximum Gasteiger partial charge on any atom is 0.569 e. The lowest BCUT2D eigenvalue weighted by atomic mass is 9.86. The van der Waals surface area contributed by atoms with E-state index < -0.39 is 8.07 Å². The minimum Gasteiger partial charge on any atom is -0.537 e. The summed E-state index contributed by atoms with van der Waals surface area (Å²) in [6.45, 7) is 22.3. The number of hydrogen-bond donors (Lipinski definition) is 4. The van der Waals surface area contributed by atoms with Crippen LogP contribution in [0, 0.1) is 6.92 Å². The molecule has 0 unspecified atom stereocenters. The molecule has 0 aromatic heterocycles. The molecule has 11 nitrogen and oxygen atoms in total. The number of carbonyl (C=O) groups is 2. The Morgan fingerprint density at radius 2 is 1.27 bits per heavy atom. The van der Waals surface area contributed by atoms with E-state index in [-0.39, 0.29) is 11.7 Å². The first-order valence-corrected chi connectivity index (χ1v) is 31.6. The van der Waals surface area contributed by atoms with E-state index in [9.17, 15) is 19.6 Å². The molecule has 2 aliphatic rings. The predicted octanol–water partition coefficient (Wildman–Crippen LogP) is 12.1. The molecule has 14 heteroatoms. The van der Waals surface area contributed by atoms with Gasteiger partial charge in [-0.05, 0) is 183 Å². The number of Topliss-reactive ketones (excluding diaryl/α,β-unsaturated/α-hetero) is 1. The molecule has 0 fully saturated rings. The summed E-state index contributed by atoms with van der Waals surface area (Å²) < 4.78 is 11.3. The van der Waals surface area contributed by atoms with Crippen LogP contribution in [-0.2, 0) is 35.8 Å². The topological polar surface area (TPSA) is 136 Å². The van der Waals surface area contributed by atoms with E-state index in [2.05, 4.69) is 156 Å². The van der Waals surface area contributed by atoms with Crippen LogP contribution in [0.15, 0.2) is 186 Å². The molecule has 1 aliphatic carbocycles. The lowest BCUT2D eigenvalue weighted by Crippen LogP contribution is -2.49. The third-order valence-corrected chi connectivity index (χ3v) is 19.7. The molecule has 1 aliphatic heterocycles. The number of anilines is 1. The molecule has 0 spiro atoms. The van der Waals surface area contributed by atoms with Gasteiger partial charge in [-0.1, -0.05) is 123 Å². The number of hydrogen-bond acceptors (Lipinski definition) is 10. The molecule has 1 amide bonds. The second kappa shape index (κ2) is 27.0. The lowest BCUT2D eigenvalue weighted by Gasteiger charge is -2.38. The fourth-order valence-corrected chi connectivity index (χ4v) is 15.0. The van der Waals surface area contributed by atoms with E-state index in [0.29, 0.717) is 87.7 Å². The Bertz CT molecular complexity index is 3750. The van der Waals surface area contributed by atoms with E-state index in [4.69, 9.17) is 9.31 Å². The number of allylic oxidation sites excluding steroid dienone is 6. The fourth-order valence-electron chi connectivity index (χ4n) is 11.9. The van der Waals surface area contributed by atoms with Gasteiger partial charge >= 0.3 is 15.4 Å². The first-order chi connectivity index (χ1) is 40.1. The van der Waals surface area contributed by atoms with Gasteiger partial charge in [0, 0.05) is 82.2 Å². The average molecular weight is 1120 g/mol. The zero-order chi connectivity index (χ0) is 58.8. The number of aliphatic imine (C=N–C) groups is 1. The van der Waals surface area contributed by atoms with Crippen molar-refractivity contribution >= 4 is 78.8 Å². The van der Waals surface area contributed by atoms with Gasteiger partial charge in [-0.2, -0.15) is 0 Å². The number of rotatable bonds is 26. The van der Waals surface area contributed by atoms with Crippen LogP contribution >= 0.6 is 0 Å². The minimum absolute atomic E-state index is 0.0760. The zero-order valence-electron chi connectivity index (χ0n) is 49.1. The highest BCUT2D eigenvalue weighted by molar-refractivity contribution is 6.98. The van der Waals surface area contributed by atoms with Gasteiger partial charge in [0.25, 0.3) is 0 Å². The number of amides is 1. The Labute approximate surface area is 492 Å². The number of ketones is 1. The Hall–Kier alpha value is -7.84. The Morgan fingerprint density at radius 3 is 1.88 bits per heavy atom. The van der Waals surface area contributed by atoms with E-state index in [1.807, 2.05) is 62.6 Å². The summed E-state index contributed by atoms with van der Waals surface area (Å²) in [5.74, 6) is 1.03. The maximum atomic E-state index is 12.8. The number of benzene rings is 7. The average Bonchev–Trinajstić information content (AvgIpc) is 1.26. The number of unbranched alkanes of at least 4 members (excludes halogenated alkanes) is 1. The van der Waals surface area contributed by atoms with E-state index in [1.165, 1.54) is 32.7 Å². The van der Waals surface area contributed by atoms with Crippen molar-refractivity contribution in [2.75, 3.05) is 39.0 Å². The summed E-state index contributed by atoms with van der Waals surface area (Å²) in [6, 6.07) is 45.0. The van der Waals surface area contributed by atoms with Crippen molar-refractivity contribution < 1.29 is 28.9 Å². The molecule has 9 rings (SSSR count). The van der Waals surface area contributed by atoms with Gasteiger partial charge in [-0.15, -0.1) is 0 Å². The lowest BCUT2D eigenvalue weighted by molar-refractivity contribution is -0.117. The van der Waals surface area contributed by atoms with Crippen LogP contribution in [-0.4, -0.2) is 94.4 Å². The molecule has 0 bridgehead atoms. The highest BCUT2D eigenvalue weighted by Gasteiger charge is 2.40. The van der Waals surface area contributed by atoms with Gasteiger partial charge in [-0.25, -0.2) is 0 Å². The first-order valence-electron chi connectivity index (χ1n) is 28.6. The van der Waals surface area contributed by atoms with Crippen molar-refractivity contribution in [2.45, 2.75) is 85.7 Å². The molecule has 4 N–H and O–H groups in total. The second-order valence-corrected chi connectivity index (χ2v) is 26.8. The standard InChI is InChI=1S/C69H75B2N5O6Si/c1-45(2)63(77)23-16-17-33-75(41-49-19-10-14-24-64(49)81-70-79)44-62-56-22-13-12-21-55(56)61(43-76(34-18-32-74-69(78)46(3)4)42-50-20-11-15-25-65(50)82-71-80)57-29-26-48(38-60(57)62)51-35-47(5)36-52(37-51)68-58-30-27-53(72-6)39-66(58)83(8,9)67-40-54(73-7)28-31-59(67)68/h10-15,19-22,24-31,35-40,72,79-80H,1,3,16-18,23,32-34,41-44H2,2,4-9H3,(H,74,78). The van der Waals surface area contributed by atoms with E-state index >= 15 is 0 Å². The second-order valence-electron chi connectivity index (χ2n) is 22.4. The Kier molecular flexibility index (Phi) is 19.5. The summed E-state index contributed by atoms with van der Waals surface area (Å²) in [5.41, 5.74) is 15.5. The van der Waals surface area contributed by atoms with Crippen LogP contribution in [0.1, 0.15) is 78.5 Å². The van der Waals surface area contributed by atoms with E-state index in [0.717, 1.165) is 93.7 Å². The van der Waals surface area contributed by atoms with Crippen LogP contribution in [0.5, 0.6) is 11.5 Å². The smallest absolute Gasteiger partial charge is 0.537 e. The van der Waals surface area contributed by atoms with Crippen molar-refractivity contribution in [1.82, 2.24) is 15.1 Å². The van der Waals surface area contributed by atoms with Gasteiger partial charge in [0.05, 0.1) is 5.71 Å². The number of carbonyl (C=O) groups excluding carboxylic acids is 2. The summed E-state index contributed by atoms with van der Waals surface area (Å²) in [6.07, 6.45) is 9.32. The SMILES string of the molecule is C=C(C)C(=O)CCCCN(Cc1ccccc1O[B]O)Cc1c2ccccc2c(CN(CCCNC(=O)C(=C)C)Cc2ccccc2O[B]O)c2ccc(-c3cc(C)cc(C4=C5C=CC(=NC)C=C5[Si](C)(C)c5cc(NC)ccc54)c3)cc12. The van der Waals surface area contributed by atoms with Crippen LogP contribution < -0.4 is 25.1 Å². The molecule has 1 heterocycles. The van der Waals surface area contributed by atoms with Crippen LogP contribution in [0.4, 0.5) is 5.69 Å². The summed E-state index contributed by atoms with van der Waals surface area (Å²) >= 11 is 0. The minimum atomic E-state index is -2.19. The molecule has 2 radical (unpaired) electrons. The van der Waals surface area contributed by atoms with Crippen LogP contribution in [0.25, 0.3) is 38.2 Å². The Morgan fingerprint density at radius 1 is 0.663 bits per heavy atom. The predicted molar refractivity (Wildman–Crippen MR) is 346 cm³/mol. The molecule has 7 aromatic carbocycles. The van der Waals surface area contributed by atoms with Gasteiger partial charge in [0.15, 0.2) is 5.78 Å². The summed E-state index contributed by atoms with van der Waals surface area (Å²) in [7, 11) is 3.11. The monoisotopic (exact) mass is 1120 g/mol. The third-order valence-electron chi connectivity index (χ3n) is 16.2. The molecular weight excluding hydrogens is 1040 g/mol. The van der Waals surface area contributed by atoms with Crippen molar-refractivity contribution in [3.8, 4) is 22.6 Å². The van der Waals surface area contributed by atoms with Crippen molar-refractivity contribution in [3.63, 3.8) is 0 Å².